The van der Waals surface area contributed by atoms with Crippen LogP contribution in [-0.4, -0.2) is 12.2 Å². The van der Waals surface area contributed by atoms with Gasteiger partial charge in [0.15, 0.2) is 0 Å². The van der Waals surface area contributed by atoms with Crippen LogP contribution in [0.5, 0.6) is 0 Å². The van der Waals surface area contributed by atoms with Gasteiger partial charge in [0.05, 0.1) is 17.6 Å². The molecule has 0 aromatic heterocycles. The molecule has 0 saturated carbocycles. The van der Waals surface area contributed by atoms with Crippen LogP contribution in [0, 0.1) is 0 Å². The van der Waals surface area contributed by atoms with Crippen molar-refractivity contribution in [3.63, 3.8) is 0 Å². The second kappa shape index (κ2) is 4.62. The second-order valence-electron chi connectivity index (χ2n) is 5.35. The minimum absolute atomic E-state index is 0.0193. The monoisotopic (exact) mass is 250 g/mol. The molecule has 3 atom stereocenters. The van der Waals surface area contributed by atoms with Crippen molar-refractivity contribution in [3.05, 3.63) is 34.9 Å². The van der Waals surface area contributed by atoms with Gasteiger partial charge in [0.1, 0.15) is 0 Å². The maximum absolute atomic E-state index is 6.55. The highest BCUT2D eigenvalue weighted by atomic mass is 35.5. The van der Waals surface area contributed by atoms with E-state index in [1.807, 2.05) is 0 Å². The number of ether oxygens (including phenoxy) is 1. The van der Waals surface area contributed by atoms with Gasteiger partial charge in [0.2, 0.25) is 0 Å². The van der Waals surface area contributed by atoms with Crippen LogP contribution >= 0.6 is 11.6 Å². The van der Waals surface area contributed by atoms with E-state index in [-0.39, 0.29) is 11.5 Å². The van der Waals surface area contributed by atoms with E-state index in [0.29, 0.717) is 6.10 Å². The summed E-state index contributed by atoms with van der Waals surface area (Å²) < 4.78 is 5.86. The Morgan fingerprint density at radius 2 is 2.06 bits per heavy atom. The highest BCUT2D eigenvalue weighted by molar-refractivity contribution is 6.21. The summed E-state index contributed by atoms with van der Waals surface area (Å²) in [6, 6.07) is 6.74. The maximum atomic E-state index is 6.55. The zero-order valence-electron chi connectivity index (χ0n) is 10.3. The number of benzene rings is 1. The van der Waals surface area contributed by atoms with Crippen molar-refractivity contribution >= 4 is 11.6 Å². The SMILES string of the molecule is CC1CCC(C(Cl)c2ccc3c(c2)CCC3)O1. The van der Waals surface area contributed by atoms with E-state index in [0.717, 1.165) is 12.8 Å². The van der Waals surface area contributed by atoms with E-state index in [2.05, 4.69) is 25.1 Å². The molecule has 17 heavy (non-hydrogen) atoms. The molecule has 0 amide bonds. The van der Waals surface area contributed by atoms with Gasteiger partial charge in [-0.2, -0.15) is 0 Å². The number of hydrogen-bond donors (Lipinski definition) is 0. The summed E-state index contributed by atoms with van der Waals surface area (Å²) >= 11 is 6.55. The fraction of sp³-hybridized carbons (Fsp3) is 0.600. The van der Waals surface area contributed by atoms with Crippen molar-refractivity contribution in [2.75, 3.05) is 0 Å². The molecule has 1 nitrogen and oxygen atoms in total. The lowest BCUT2D eigenvalue weighted by atomic mass is 10.0. The molecule has 1 saturated heterocycles. The van der Waals surface area contributed by atoms with Gasteiger partial charge in [-0.25, -0.2) is 0 Å². The molecule has 3 rings (SSSR count). The van der Waals surface area contributed by atoms with Crippen LogP contribution in [0.1, 0.15) is 48.3 Å². The van der Waals surface area contributed by atoms with Crippen LogP contribution < -0.4 is 0 Å². The number of rotatable bonds is 2. The highest BCUT2D eigenvalue weighted by Gasteiger charge is 2.29. The third kappa shape index (κ3) is 2.23. The van der Waals surface area contributed by atoms with Gasteiger partial charge >= 0.3 is 0 Å². The Morgan fingerprint density at radius 3 is 2.82 bits per heavy atom. The lowest BCUT2D eigenvalue weighted by Gasteiger charge is -2.18. The molecule has 0 spiro atoms. The lowest BCUT2D eigenvalue weighted by molar-refractivity contribution is 0.0533. The number of fused-ring (bicyclic) bond motifs is 1. The molecular weight excluding hydrogens is 232 g/mol. The first-order chi connectivity index (χ1) is 8.24. The van der Waals surface area contributed by atoms with Gasteiger partial charge in [-0.3, -0.25) is 0 Å². The number of hydrogen-bond acceptors (Lipinski definition) is 1. The fourth-order valence-electron chi connectivity index (χ4n) is 3.03. The first-order valence-corrected chi connectivity index (χ1v) is 7.09. The summed E-state index contributed by atoms with van der Waals surface area (Å²) in [4.78, 5) is 0. The Kier molecular flexibility index (Phi) is 3.14. The van der Waals surface area contributed by atoms with E-state index < -0.39 is 0 Å². The van der Waals surface area contributed by atoms with Gasteiger partial charge in [-0.15, -0.1) is 11.6 Å². The number of halogens is 1. The summed E-state index contributed by atoms with van der Waals surface area (Å²) in [5, 5.41) is 0.0193. The molecule has 1 aromatic rings. The van der Waals surface area contributed by atoms with Gasteiger partial charge in [-0.05, 0) is 55.7 Å². The van der Waals surface area contributed by atoms with Crippen molar-refractivity contribution in [3.8, 4) is 0 Å². The summed E-state index contributed by atoms with van der Waals surface area (Å²) in [5.41, 5.74) is 4.25. The Balaban J connectivity index is 1.79. The van der Waals surface area contributed by atoms with Crippen molar-refractivity contribution in [1.82, 2.24) is 0 Å². The molecule has 2 heteroatoms. The van der Waals surface area contributed by atoms with Gasteiger partial charge in [0, 0.05) is 0 Å². The van der Waals surface area contributed by atoms with Crippen LogP contribution in [0.3, 0.4) is 0 Å². The van der Waals surface area contributed by atoms with Gasteiger partial charge in [-0.1, -0.05) is 18.2 Å². The summed E-state index contributed by atoms with van der Waals surface area (Å²) in [6.45, 7) is 2.13. The topological polar surface area (TPSA) is 9.23 Å². The standard InChI is InChI=1S/C15H19ClO/c1-10-5-8-14(17-10)15(16)13-7-6-11-3-2-4-12(11)9-13/h6-7,9-10,14-15H,2-5,8H2,1H3. The quantitative estimate of drug-likeness (QED) is 0.721. The molecule has 1 fully saturated rings. The molecule has 3 unspecified atom stereocenters. The third-order valence-corrected chi connectivity index (χ3v) is 4.57. The summed E-state index contributed by atoms with van der Waals surface area (Å²) in [6.07, 6.45) is 6.55. The largest absolute Gasteiger partial charge is 0.373 e. The second-order valence-corrected chi connectivity index (χ2v) is 5.82. The van der Waals surface area contributed by atoms with Crippen LogP contribution in [-0.2, 0) is 17.6 Å². The highest BCUT2D eigenvalue weighted by Crippen LogP contribution is 2.36. The van der Waals surface area contributed by atoms with Crippen LogP contribution in [0.2, 0.25) is 0 Å². The maximum Gasteiger partial charge on any atom is 0.0847 e. The average Bonchev–Trinajstić information content (AvgIpc) is 2.95. The van der Waals surface area contributed by atoms with Crippen LogP contribution in [0.15, 0.2) is 18.2 Å². The lowest BCUT2D eigenvalue weighted by Crippen LogP contribution is -2.14. The first-order valence-electron chi connectivity index (χ1n) is 6.65. The van der Waals surface area contributed by atoms with Crippen molar-refractivity contribution in [2.45, 2.75) is 56.6 Å². The number of aryl methyl sites for hydroxylation is 2. The van der Waals surface area contributed by atoms with Crippen molar-refractivity contribution < 1.29 is 4.74 Å². The van der Waals surface area contributed by atoms with Crippen molar-refractivity contribution in [2.24, 2.45) is 0 Å². The minimum atomic E-state index is 0.0193. The predicted molar refractivity (Wildman–Crippen MR) is 70.6 cm³/mol. The zero-order valence-corrected chi connectivity index (χ0v) is 11.0. The average molecular weight is 251 g/mol. The normalized spacial score (nSPS) is 29.3. The Morgan fingerprint density at radius 1 is 1.24 bits per heavy atom. The van der Waals surface area contributed by atoms with E-state index in [9.17, 15) is 0 Å². The summed E-state index contributed by atoms with van der Waals surface area (Å²) in [5.74, 6) is 0. The first kappa shape index (κ1) is 11.6. The Hall–Kier alpha value is -0.530. The molecule has 1 aliphatic carbocycles. The van der Waals surface area contributed by atoms with Gasteiger partial charge < -0.3 is 4.74 Å². The molecule has 1 aromatic carbocycles. The van der Waals surface area contributed by atoms with Crippen molar-refractivity contribution in [1.29, 1.82) is 0 Å². The smallest absolute Gasteiger partial charge is 0.0847 e. The van der Waals surface area contributed by atoms with E-state index >= 15 is 0 Å². The Labute approximate surface area is 108 Å². The zero-order chi connectivity index (χ0) is 11.8. The van der Waals surface area contributed by atoms with E-state index in [1.165, 1.54) is 36.0 Å². The Bertz CT molecular complexity index is 415. The minimum Gasteiger partial charge on any atom is -0.373 e. The molecule has 92 valence electrons. The van der Waals surface area contributed by atoms with Crippen LogP contribution in [0.4, 0.5) is 0 Å². The van der Waals surface area contributed by atoms with Crippen LogP contribution in [0.25, 0.3) is 0 Å². The molecule has 2 aliphatic rings. The summed E-state index contributed by atoms with van der Waals surface area (Å²) in [7, 11) is 0. The molecule has 1 heterocycles. The third-order valence-electron chi connectivity index (χ3n) is 4.03. The van der Waals surface area contributed by atoms with E-state index in [4.69, 9.17) is 16.3 Å². The molecular formula is C15H19ClO. The number of alkyl halides is 1. The molecule has 0 bridgehead atoms. The predicted octanol–water partition coefficient (Wildman–Crippen LogP) is 4.02. The van der Waals surface area contributed by atoms with E-state index in [1.54, 1.807) is 0 Å². The fourth-order valence-corrected chi connectivity index (χ4v) is 3.35. The molecule has 1 aliphatic heterocycles. The van der Waals surface area contributed by atoms with Gasteiger partial charge in [0.25, 0.3) is 0 Å². The molecule has 0 N–H and O–H groups in total. The molecule has 0 radical (unpaired) electrons.